The lowest BCUT2D eigenvalue weighted by Crippen LogP contribution is -2.13. The highest BCUT2D eigenvalue weighted by atomic mass is 79.9. The van der Waals surface area contributed by atoms with Gasteiger partial charge in [-0.2, -0.15) is 0 Å². The van der Waals surface area contributed by atoms with Gasteiger partial charge in [0.25, 0.3) is 0 Å². The Morgan fingerprint density at radius 2 is 2.29 bits per heavy atom. The van der Waals surface area contributed by atoms with Crippen molar-refractivity contribution in [3.63, 3.8) is 0 Å². The molecule has 0 aliphatic rings. The molecule has 4 nitrogen and oxygen atoms in total. The predicted molar refractivity (Wildman–Crippen MR) is 67.3 cm³/mol. The number of carbonyl (C=O) groups is 1. The monoisotopic (exact) mass is 302 g/mol. The van der Waals surface area contributed by atoms with Crippen LogP contribution >= 0.6 is 15.9 Å². The number of carbonyl (C=O) groups excluding carboxylic acids is 1. The molecule has 5 heteroatoms. The molecule has 1 aromatic carbocycles. The number of ether oxygens (including phenoxy) is 2. The molecular formula is C12H15BrO4. The summed E-state index contributed by atoms with van der Waals surface area (Å²) in [5.41, 5.74) is 0.466. The van der Waals surface area contributed by atoms with Crippen LogP contribution in [-0.2, 0) is 9.53 Å². The van der Waals surface area contributed by atoms with E-state index in [0.717, 1.165) is 11.8 Å². The quantitative estimate of drug-likeness (QED) is 0.496. The van der Waals surface area contributed by atoms with Gasteiger partial charge >= 0.3 is 5.97 Å². The molecule has 0 aromatic heterocycles. The van der Waals surface area contributed by atoms with Crippen LogP contribution in [-0.4, -0.2) is 30.1 Å². The van der Waals surface area contributed by atoms with Crippen molar-refractivity contribution in [3.05, 3.63) is 29.8 Å². The second kappa shape index (κ2) is 7.29. The number of alkyl halides is 1. The van der Waals surface area contributed by atoms with Crippen LogP contribution in [0.5, 0.6) is 5.75 Å². The molecular weight excluding hydrogens is 288 g/mol. The van der Waals surface area contributed by atoms with Gasteiger partial charge in [-0.3, -0.25) is 0 Å². The first-order valence-electron chi connectivity index (χ1n) is 5.23. The number of benzene rings is 1. The Labute approximate surface area is 109 Å². The van der Waals surface area contributed by atoms with Gasteiger partial charge in [-0.05, 0) is 24.1 Å². The van der Waals surface area contributed by atoms with Gasteiger partial charge in [-0.25, -0.2) is 4.79 Å². The van der Waals surface area contributed by atoms with Crippen molar-refractivity contribution in [2.75, 3.05) is 19.0 Å². The predicted octanol–water partition coefficient (Wildman–Crippen LogP) is 2.06. The van der Waals surface area contributed by atoms with E-state index in [4.69, 9.17) is 4.74 Å². The molecule has 0 radical (unpaired) electrons. The fourth-order valence-electron chi connectivity index (χ4n) is 1.27. The lowest BCUT2D eigenvalue weighted by Gasteiger charge is -2.10. The van der Waals surface area contributed by atoms with Crippen molar-refractivity contribution < 1.29 is 19.4 Å². The van der Waals surface area contributed by atoms with Gasteiger partial charge in [-0.15, -0.1) is 0 Å². The van der Waals surface area contributed by atoms with E-state index in [1.807, 2.05) is 0 Å². The van der Waals surface area contributed by atoms with E-state index in [9.17, 15) is 9.90 Å². The highest BCUT2D eigenvalue weighted by molar-refractivity contribution is 9.09. The largest absolute Gasteiger partial charge is 0.494 e. The van der Waals surface area contributed by atoms with Crippen LogP contribution in [0.3, 0.4) is 0 Å². The number of esters is 1. The van der Waals surface area contributed by atoms with Gasteiger partial charge in [0.15, 0.2) is 6.10 Å². The molecule has 0 spiro atoms. The van der Waals surface area contributed by atoms with Gasteiger partial charge in [-0.1, -0.05) is 28.1 Å². The fourth-order valence-corrected chi connectivity index (χ4v) is 1.50. The van der Waals surface area contributed by atoms with Crippen molar-refractivity contribution in [2.24, 2.45) is 0 Å². The zero-order valence-corrected chi connectivity index (χ0v) is 11.1. The lowest BCUT2D eigenvalue weighted by molar-refractivity contribution is -0.150. The van der Waals surface area contributed by atoms with E-state index in [0.29, 0.717) is 17.9 Å². The number of hydrogen-bond acceptors (Lipinski definition) is 4. The standard InChI is InChI=1S/C12H15BrO4/c1-16-12(15)11(14)9-4-2-5-10(8-9)17-7-3-6-13/h2,4-5,8,11,14H,3,6-7H2,1H3. The summed E-state index contributed by atoms with van der Waals surface area (Å²) in [4.78, 5) is 11.2. The molecule has 1 rings (SSSR count). The minimum atomic E-state index is -1.26. The number of methoxy groups -OCH3 is 1. The average Bonchev–Trinajstić information content (AvgIpc) is 2.37. The molecule has 0 saturated heterocycles. The zero-order valence-electron chi connectivity index (χ0n) is 9.56. The number of halogens is 1. The Bertz CT molecular complexity index is 367. The summed E-state index contributed by atoms with van der Waals surface area (Å²) in [6.07, 6.45) is -0.372. The van der Waals surface area contributed by atoms with E-state index < -0.39 is 12.1 Å². The van der Waals surface area contributed by atoms with E-state index in [-0.39, 0.29) is 0 Å². The van der Waals surface area contributed by atoms with Crippen LogP contribution in [0.2, 0.25) is 0 Å². The van der Waals surface area contributed by atoms with Crippen LogP contribution in [0.4, 0.5) is 0 Å². The topological polar surface area (TPSA) is 55.8 Å². The molecule has 0 aliphatic heterocycles. The third-order valence-electron chi connectivity index (χ3n) is 2.14. The summed E-state index contributed by atoms with van der Waals surface area (Å²) in [6, 6.07) is 6.79. The Hall–Kier alpha value is -1.07. The average molecular weight is 303 g/mol. The van der Waals surface area contributed by atoms with Crippen LogP contribution in [0, 0.1) is 0 Å². The molecule has 1 N–H and O–H groups in total. The minimum Gasteiger partial charge on any atom is -0.494 e. The van der Waals surface area contributed by atoms with E-state index >= 15 is 0 Å². The third-order valence-corrected chi connectivity index (χ3v) is 2.71. The molecule has 17 heavy (non-hydrogen) atoms. The fraction of sp³-hybridized carbons (Fsp3) is 0.417. The Kier molecular flexibility index (Phi) is 6.00. The number of rotatable bonds is 6. The van der Waals surface area contributed by atoms with Crippen molar-refractivity contribution in [1.82, 2.24) is 0 Å². The van der Waals surface area contributed by atoms with Crippen LogP contribution in [0.15, 0.2) is 24.3 Å². The van der Waals surface area contributed by atoms with Crippen molar-refractivity contribution in [2.45, 2.75) is 12.5 Å². The molecule has 1 aromatic rings. The van der Waals surface area contributed by atoms with E-state index in [2.05, 4.69) is 20.7 Å². The minimum absolute atomic E-state index is 0.466. The van der Waals surface area contributed by atoms with Gasteiger partial charge < -0.3 is 14.6 Å². The lowest BCUT2D eigenvalue weighted by atomic mass is 10.1. The second-order valence-electron chi connectivity index (χ2n) is 3.39. The van der Waals surface area contributed by atoms with Crippen molar-refractivity contribution in [1.29, 1.82) is 0 Å². The number of aliphatic hydroxyl groups is 1. The second-order valence-corrected chi connectivity index (χ2v) is 4.18. The normalized spacial score (nSPS) is 11.9. The Balaban J connectivity index is 2.68. The van der Waals surface area contributed by atoms with Gasteiger partial charge in [0.2, 0.25) is 0 Å². The smallest absolute Gasteiger partial charge is 0.339 e. The first-order valence-corrected chi connectivity index (χ1v) is 6.35. The molecule has 0 saturated carbocycles. The van der Waals surface area contributed by atoms with Crippen molar-refractivity contribution in [3.8, 4) is 5.75 Å². The summed E-state index contributed by atoms with van der Waals surface area (Å²) in [5.74, 6) is -0.0472. The van der Waals surface area contributed by atoms with E-state index in [1.165, 1.54) is 7.11 Å². The first kappa shape index (κ1) is 14.0. The first-order chi connectivity index (χ1) is 8.19. The molecule has 0 heterocycles. The summed E-state index contributed by atoms with van der Waals surface area (Å²) in [7, 11) is 1.24. The highest BCUT2D eigenvalue weighted by Gasteiger charge is 2.17. The number of hydrogen-bond donors (Lipinski definition) is 1. The van der Waals surface area contributed by atoms with Crippen molar-refractivity contribution >= 4 is 21.9 Å². The summed E-state index contributed by atoms with van der Waals surface area (Å²) < 4.78 is 9.93. The summed E-state index contributed by atoms with van der Waals surface area (Å²) in [5, 5.41) is 10.5. The van der Waals surface area contributed by atoms with Crippen LogP contribution in [0.1, 0.15) is 18.1 Å². The van der Waals surface area contributed by atoms with Crippen LogP contribution < -0.4 is 4.74 Å². The molecule has 1 unspecified atom stereocenters. The van der Waals surface area contributed by atoms with Gasteiger partial charge in [0.1, 0.15) is 5.75 Å². The van der Waals surface area contributed by atoms with Gasteiger partial charge in [0, 0.05) is 5.33 Å². The molecule has 0 aliphatic carbocycles. The molecule has 0 fully saturated rings. The number of aliphatic hydroxyl groups excluding tert-OH is 1. The molecule has 94 valence electrons. The third kappa shape index (κ3) is 4.36. The van der Waals surface area contributed by atoms with Gasteiger partial charge in [0.05, 0.1) is 13.7 Å². The maximum absolute atomic E-state index is 11.2. The Morgan fingerprint density at radius 3 is 2.94 bits per heavy atom. The summed E-state index contributed by atoms with van der Waals surface area (Å²) >= 11 is 3.31. The molecule has 0 amide bonds. The molecule has 0 bridgehead atoms. The maximum atomic E-state index is 11.2. The zero-order chi connectivity index (χ0) is 12.7. The maximum Gasteiger partial charge on any atom is 0.339 e. The highest BCUT2D eigenvalue weighted by Crippen LogP contribution is 2.20. The Morgan fingerprint density at radius 1 is 1.53 bits per heavy atom. The molecule has 1 atom stereocenters. The summed E-state index contributed by atoms with van der Waals surface area (Å²) in [6.45, 7) is 0.586. The van der Waals surface area contributed by atoms with E-state index in [1.54, 1.807) is 24.3 Å². The van der Waals surface area contributed by atoms with Crippen LogP contribution in [0.25, 0.3) is 0 Å². The SMILES string of the molecule is COC(=O)C(O)c1cccc(OCCCBr)c1.